The monoisotopic (exact) mass is 448 g/mol. The average Bonchev–Trinajstić information content (AvgIpc) is 3.37. The maximum atomic E-state index is 12.5. The third-order valence-electron chi connectivity index (χ3n) is 5.79. The van der Waals surface area contributed by atoms with E-state index in [0.717, 1.165) is 30.7 Å². The van der Waals surface area contributed by atoms with Crippen LogP contribution in [0.5, 0.6) is 0 Å². The number of aromatic nitrogens is 3. The summed E-state index contributed by atoms with van der Waals surface area (Å²) in [5, 5.41) is 10.7. The molecule has 1 amide bonds. The number of carbonyl (C=O) groups is 1. The third-order valence-corrected chi connectivity index (χ3v) is 7.62. The summed E-state index contributed by atoms with van der Waals surface area (Å²) in [6.45, 7) is 2.16. The number of anilines is 3. The smallest absolute Gasteiger partial charge is 0.409 e. The second-order valence-corrected chi connectivity index (χ2v) is 10.1. The van der Waals surface area contributed by atoms with Crippen LogP contribution in [0.3, 0.4) is 0 Å². The standard InChI is InChI=1S/C20H28N6O4S/c1-4-26-19-15(8-10-31(26,28)29)21-9-7-16(19)22-18-12-17(23-24-18)13-5-6-14(11-13)30-20(27)25(2)3/h7,9,12-14H,4-6,8,10-11H2,1-3H3,(H2,21,22,23,24)/t13-,14+/m0/s1. The molecule has 168 valence electrons. The number of H-pyrrole nitrogens is 1. The van der Waals surface area contributed by atoms with Crippen LogP contribution in [-0.2, 0) is 21.2 Å². The molecule has 0 bridgehead atoms. The van der Waals surface area contributed by atoms with Crippen molar-refractivity contribution in [3.05, 3.63) is 29.7 Å². The van der Waals surface area contributed by atoms with Gasteiger partial charge in [0, 0.05) is 50.9 Å². The van der Waals surface area contributed by atoms with Crippen LogP contribution >= 0.6 is 0 Å². The number of ether oxygens (including phenoxy) is 1. The largest absolute Gasteiger partial charge is 0.446 e. The molecule has 1 fully saturated rings. The Morgan fingerprint density at radius 3 is 2.94 bits per heavy atom. The van der Waals surface area contributed by atoms with Crippen molar-refractivity contribution in [1.82, 2.24) is 20.1 Å². The van der Waals surface area contributed by atoms with E-state index in [1.165, 1.54) is 9.21 Å². The van der Waals surface area contributed by atoms with Gasteiger partial charge in [-0.25, -0.2) is 13.2 Å². The number of hydrogen-bond acceptors (Lipinski definition) is 7. The van der Waals surface area contributed by atoms with Gasteiger partial charge in [0.15, 0.2) is 5.82 Å². The van der Waals surface area contributed by atoms with Gasteiger partial charge in [0.05, 0.1) is 22.8 Å². The molecule has 0 radical (unpaired) electrons. The van der Waals surface area contributed by atoms with E-state index in [0.29, 0.717) is 30.2 Å². The molecule has 31 heavy (non-hydrogen) atoms. The summed E-state index contributed by atoms with van der Waals surface area (Å²) < 4.78 is 31.9. The Morgan fingerprint density at radius 2 is 2.19 bits per heavy atom. The summed E-state index contributed by atoms with van der Waals surface area (Å²) >= 11 is 0. The Bertz CT molecular complexity index is 1070. The zero-order chi connectivity index (χ0) is 22.2. The van der Waals surface area contributed by atoms with Gasteiger partial charge >= 0.3 is 6.09 Å². The van der Waals surface area contributed by atoms with Gasteiger partial charge < -0.3 is 15.0 Å². The first kappa shape index (κ1) is 21.4. The van der Waals surface area contributed by atoms with E-state index in [2.05, 4.69) is 20.5 Å². The highest BCUT2D eigenvalue weighted by molar-refractivity contribution is 7.92. The summed E-state index contributed by atoms with van der Waals surface area (Å²) in [4.78, 5) is 17.6. The second-order valence-electron chi connectivity index (χ2n) is 8.13. The lowest BCUT2D eigenvalue weighted by Crippen LogP contribution is -2.38. The number of carbonyl (C=O) groups excluding carboxylic acids is 1. The van der Waals surface area contributed by atoms with Crippen LogP contribution in [-0.4, -0.2) is 67.1 Å². The minimum atomic E-state index is -3.35. The Morgan fingerprint density at radius 1 is 1.39 bits per heavy atom. The number of rotatable bonds is 5. The molecule has 1 aliphatic carbocycles. The number of pyridine rings is 1. The molecule has 3 heterocycles. The van der Waals surface area contributed by atoms with Crippen molar-refractivity contribution in [2.45, 2.75) is 44.6 Å². The zero-order valence-electron chi connectivity index (χ0n) is 18.0. The highest BCUT2D eigenvalue weighted by Gasteiger charge is 2.32. The van der Waals surface area contributed by atoms with Crippen molar-refractivity contribution >= 4 is 33.3 Å². The summed E-state index contributed by atoms with van der Waals surface area (Å²) in [7, 11) is -0.00980. The molecular formula is C20H28N6O4S. The molecule has 2 aliphatic rings. The zero-order valence-corrected chi connectivity index (χ0v) is 18.8. The average molecular weight is 449 g/mol. The highest BCUT2D eigenvalue weighted by atomic mass is 32.2. The van der Waals surface area contributed by atoms with Crippen molar-refractivity contribution in [2.75, 3.05) is 36.0 Å². The van der Waals surface area contributed by atoms with Crippen molar-refractivity contribution in [3.8, 4) is 0 Å². The molecule has 2 atom stereocenters. The van der Waals surface area contributed by atoms with Crippen molar-refractivity contribution < 1.29 is 17.9 Å². The van der Waals surface area contributed by atoms with Crippen LogP contribution in [0.1, 0.15) is 43.5 Å². The van der Waals surface area contributed by atoms with E-state index in [1.807, 2.05) is 13.0 Å². The number of hydrogen-bond donors (Lipinski definition) is 2. The number of aryl methyl sites for hydroxylation is 1. The van der Waals surface area contributed by atoms with E-state index in [4.69, 9.17) is 4.74 Å². The van der Waals surface area contributed by atoms with Gasteiger partial charge in [0.2, 0.25) is 10.0 Å². The van der Waals surface area contributed by atoms with Crippen molar-refractivity contribution in [3.63, 3.8) is 0 Å². The van der Waals surface area contributed by atoms with Gasteiger partial charge in [-0.05, 0) is 32.3 Å². The number of fused-ring (bicyclic) bond motifs is 1. The minimum Gasteiger partial charge on any atom is -0.446 e. The molecule has 1 aliphatic heterocycles. The van der Waals surface area contributed by atoms with Gasteiger partial charge in [-0.15, -0.1) is 0 Å². The third kappa shape index (κ3) is 4.32. The lowest BCUT2D eigenvalue weighted by atomic mass is 10.0. The lowest BCUT2D eigenvalue weighted by molar-refractivity contribution is 0.0770. The maximum Gasteiger partial charge on any atom is 0.409 e. The molecule has 2 aromatic heterocycles. The molecule has 2 N–H and O–H groups in total. The Labute approximate surface area is 182 Å². The molecule has 0 saturated heterocycles. The number of nitrogens with zero attached hydrogens (tertiary/aromatic N) is 4. The van der Waals surface area contributed by atoms with Crippen LogP contribution in [0.2, 0.25) is 0 Å². The highest BCUT2D eigenvalue weighted by Crippen LogP contribution is 2.38. The van der Waals surface area contributed by atoms with Gasteiger partial charge in [-0.3, -0.25) is 14.4 Å². The van der Waals surface area contributed by atoms with Crippen LogP contribution in [0, 0.1) is 0 Å². The molecule has 1 saturated carbocycles. The Kier molecular flexibility index (Phi) is 5.78. The summed E-state index contributed by atoms with van der Waals surface area (Å²) in [5.74, 6) is 0.899. The van der Waals surface area contributed by atoms with Gasteiger partial charge in [0.25, 0.3) is 0 Å². The molecule has 0 spiro atoms. The first-order valence-corrected chi connectivity index (χ1v) is 12.1. The van der Waals surface area contributed by atoms with Crippen molar-refractivity contribution in [1.29, 1.82) is 0 Å². The molecular weight excluding hydrogens is 420 g/mol. The SMILES string of the molecule is CCN1c2c(Nc3cc([C@H]4CC[C@@H](OC(=O)N(C)C)C4)[nH]n3)ccnc2CCS1(=O)=O. The molecule has 2 aromatic rings. The van der Waals surface area contributed by atoms with Gasteiger partial charge in [-0.1, -0.05) is 0 Å². The van der Waals surface area contributed by atoms with Gasteiger partial charge in [-0.2, -0.15) is 5.10 Å². The number of amides is 1. The van der Waals surface area contributed by atoms with E-state index < -0.39 is 10.0 Å². The molecule has 0 aromatic carbocycles. The summed E-state index contributed by atoms with van der Waals surface area (Å²) in [6.07, 6.45) is 4.11. The quantitative estimate of drug-likeness (QED) is 0.721. The number of sulfonamides is 1. The van der Waals surface area contributed by atoms with E-state index in [9.17, 15) is 13.2 Å². The molecule has 0 unspecified atom stereocenters. The molecule has 4 rings (SSSR count). The van der Waals surface area contributed by atoms with Crippen LogP contribution in [0.15, 0.2) is 18.3 Å². The maximum absolute atomic E-state index is 12.5. The normalized spacial score (nSPS) is 22.1. The minimum absolute atomic E-state index is 0.0675. The van der Waals surface area contributed by atoms with Crippen LogP contribution < -0.4 is 9.62 Å². The number of aromatic amines is 1. The lowest BCUT2D eigenvalue weighted by Gasteiger charge is -2.30. The summed E-state index contributed by atoms with van der Waals surface area (Å²) in [6, 6.07) is 3.70. The predicted molar refractivity (Wildman–Crippen MR) is 117 cm³/mol. The first-order chi connectivity index (χ1) is 14.8. The van der Waals surface area contributed by atoms with E-state index in [1.54, 1.807) is 26.4 Å². The Balaban J connectivity index is 1.49. The van der Waals surface area contributed by atoms with E-state index in [-0.39, 0.29) is 23.9 Å². The van der Waals surface area contributed by atoms with Crippen LogP contribution in [0.25, 0.3) is 0 Å². The second kappa shape index (κ2) is 8.37. The fraction of sp³-hybridized carbons (Fsp3) is 0.550. The first-order valence-electron chi connectivity index (χ1n) is 10.5. The fourth-order valence-electron chi connectivity index (χ4n) is 4.21. The summed E-state index contributed by atoms with van der Waals surface area (Å²) in [5.41, 5.74) is 2.99. The van der Waals surface area contributed by atoms with E-state index >= 15 is 0 Å². The fourth-order valence-corrected chi connectivity index (χ4v) is 5.76. The Hall–Kier alpha value is -2.82. The van der Waals surface area contributed by atoms with Gasteiger partial charge in [0.1, 0.15) is 6.10 Å². The topological polar surface area (TPSA) is 121 Å². The number of nitrogens with one attached hydrogen (secondary N) is 2. The molecule has 10 nitrogen and oxygen atoms in total. The molecule has 11 heteroatoms. The predicted octanol–water partition coefficient (Wildman–Crippen LogP) is 2.59. The van der Waals surface area contributed by atoms with Crippen molar-refractivity contribution in [2.24, 2.45) is 0 Å². The van der Waals surface area contributed by atoms with Crippen LogP contribution in [0.4, 0.5) is 22.0 Å².